The Morgan fingerprint density at radius 1 is 1.25 bits per heavy atom. The van der Waals surface area contributed by atoms with Gasteiger partial charge in [-0.15, -0.1) is 0 Å². The zero-order valence-electron chi connectivity index (χ0n) is 13.9. The first-order valence-corrected chi connectivity index (χ1v) is 8.08. The van der Waals surface area contributed by atoms with Crippen LogP contribution < -0.4 is 11.1 Å². The molecule has 0 aliphatic heterocycles. The number of hydrogen-bond donors (Lipinski definition) is 2. The molecule has 1 heterocycles. The number of nitrogens with one attached hydrogen (secondary N) is 1. The van der Waals surface area contributed by atoms with Crippen molar-refractivity contribution in [2.45, 2.75) is 26.3 Å². The number of fused-ring (bicyclic) bond motifs is 1. The summed E-state index contributed by atoms with van der Waals surface area (Å²) in [5.41, 5.74) is 8.00. The van der Waals surface area contributed by atoms with E-state index in [1.807, 2.05) is 37.3 Å². The van der Waals surface area contributed by atoms with E-state index in [1.54, 1.807) is 6.92 Å². The van der Waals surface area contributed by atoms with Crippen molar-refractivity contribution in [1.82, 2.24) is 10.5 Å². The highest BCUT2D eigenvalue weighted by atomic mass is 16.5. The lowest BCUT2D eigenvalue weighted by Gasteiger charge is -2.18. The molecule has 3 rings (SSSR count). The first-order chi connectivity index (χ1) is 11.6. The molecule has 0 spiro atoms. The number of aromatic nitrogens is 1. The standard InChI is InChI=1S/C19H21N3O2/c1-3-17-18(12(2)22-24-17)19(23)21-16(11-20)15-9-8-13-6-4-5-7-14(13)10-15/h4-10,16H,3,11,20H2,1-2H3,(H,21,23). The Labute approximate surface area is 140 Å². The lowest BCUT2D eigenvalue weighted by molar-refractivity contribution is 0.0935. The summed E-state index contributed by atoms with van der Waals surface area (Å²) in [4.78, 5) is 12.6. The Morgan fingerprint density at radius 2 is 2.00 bits per heavy atom. The van der Waals surface area contributed by atoms with Crippen LogP contribution in [0, 0.1) is 6.92 Å². The smallest absolute Gasteiger partial charge is 0.257 e. The topological polar surface area (TPSA) is 81.2 Å². The molecule has 3 aromatic rings. The maximum atomic E-state index is 12.6. The van der Waals surface area contributed by atoms with Gasteiger partial charge in [0.25, 0.3) is 5.91 Å². The van der Waals surface area contributed by atoms with Crippen molar-refractivity contribution in [1.29, 1.82) is 0 Å². The van der Waals surface area contributed by atoms with E-state index >= 15 is 0 Å². The molecule has 0 aliphatic rings. The molecule has 0 saturated heterocycles. The molecule has 1 unspecified atom stereocenters. The summed E-state index contributed by atoms with van der Waals surface area (Å²) in [5.74, 6) is 0.397. The largest absolute Gasteiger partial charge is 0.360 e. The van der Waals surface area contributed by atoms with Gasteiger partial charge in [-0.2, -0.15) is 0 Å². The van der Waals surface area contributed by atoms with Crippen LogP contribution in [0.2, 0.25) is 0 Å². The van der Waals surface area contributed by atoms with Crippen LogP contribution in [0.3, 0.4) is 0 Å². The zero-order chi connectivity index (χ0) is 17.1. The molecule has 5 nitrogen and oxygen atoms in total. The minimum absolute atomic E-state index is 0.200. The second kappa shape index (κ2) is 6.84. The van der Waals surface area contributed by atoms with Crippen LogP contribution in [0.15, 0.2) is 47.0 Å². The number of amides is 1. The number of aryl methyl sites for hydroxylation is 2. The fourth-order valence-corrected chi connectivity index (χ4v) is 2.88. The molecule has 124 valence electrons. The van der Waals surface area contributed by atoms with Gasteiger partial charge in [0.15, 0.2) is 0 Å². The molecule has 0 bridgehead atoms. The lowest BCUT2D eigenvalue weighted by Crippen LogP contribution is -2.34. The number of rotatable bonds is 5. The van der Waals surface area contributed by atoms with Gasteiger partial charge in [0.1, 0.15) is 11.3 Å². The molecule has 1 aromatic heterocycles. The van der Waals surface area contributed by atoms with E-state index in [0.29, 0.717) is 30.0 Å². The molecule has 24 heavy (non-hydrogen) atoms. The maximum Gasteiger partial charge on any atom is 0.257 e. The van der Waals surface area contributed by atoms with E-state index in [9.17, 15) is 4.79 Å². The molecule has 0 aliphatic carbocycles. The van der Waals surface area contributed by atoms with Crippen LogP contribution in [0.5, 0.6) is 0 Å². The Balaban J connectivity index is 1.88. The third-order valence-electron chi connectivity index (χ3n) is 4.20. The third-order valence-corrected chi connectivity index (χ3v) is 4.20. The van der Waals surface area contributed by atoms with Crippen molar-refractivity contribution in [2.75, 3.05) is 6.54 Å². The molecule has 0 fully saturated rings. The summed E-state index contributed by atoms with van der Waals surface area (Å²) in [6.07, 6.45) is 0.618. The summed E-state index contributed by atoms with van der Waals surface area (Å²) in [6, 6.07) is 14.0. The van der Waals surface area contributed by atoms with Gasteiger partial charge in [-0.1, -0.05) is 48.5 Å². The van der Waals surface area contributed by atoms with Crippen molar-refractivity contribution in [3.63, 3.8) is 0 Å². The predicted octanol–water partition coefficient (Wildman–Crippen LogP) is 3.13. The molecule has 3 N–H and O–H groups in total. The van der Waals surface area contributed by atoms with Crippen LogP contribution in [0.1, 0.15) is 40.3 Å². The summed E-state index contributed by atoms with van der Waals surface area (Å²) in [5, 5.41) is 9.17. The van der Waals surface area contributed by atoms with Crippen molar-refractivity contribution in [3.8, 4) is 0 Å². The van der Waals surface area contributed by atoms with Gasteiger partial charge >= 0.3 is 0 Å². The number of hydrogen-bond acceptors (Lipinski definition) is 4. The van der Waals surface area contributed by atoms with Crippen molar-refractivity contribution < 1.29 is 9.32 Å². The fraction of sp³-hybridized carbons (Fsp3) is 0.263. The predicted molar refractivity (Wildman–Crippen MR) is 93.8 cm³/mol. The Kier molecular flexibility index (Phi) is 4.62. The SMILES string of the molecule is CCc1onc(C)c1C(=O)NC(CN)c1ccc2ccccc2c1. The zero-order valence-corrected chi connectivity index (χ0v) is 13.9. The van der Waals surface area contributed by atoms with Gasteiger partial charge in [-0.3, -0.25) is 4.79 Å². The van der Waals surface area contributed by atoms with E-state index in [2.05, 4.69) is 22.6 Å². The summed E-state index contributed by atoms with van der Waals surface area (Å²) < 4.78 is 5.20. The second-order valence-electron chi connectivity index (χ2n) is 5.79. The van der Waals surface area contributed by atoms with Crippen LogP contribution in [-0.2, 0) is 6.42 Å². The van der Waals surface area contributed by atoms with Crippen LogP contribution >= 0.6 is 0 Å². The molecule has 1 atom stereocenters. The molecule has 2 aromatic carbocycles. The number of nitrogens with zero attached hydrogens (tertiary/aromatic N) is 1. The molecule has 0 radical (unpaired) electrons. The third kappa shape index (κ3) is 3.03. The average Bonchev–Trinajstić information content (AvgIpc) is 2.99. The van der Waals surface area contributed by atoms with E-state index in [0.717, 1.165) is 16.3 Å². The van der Waals surface area contributed by atoms with Crippen molar-refractivity contribution in [3.05, 3.63) is 65.0 Å². The van der Waals surface area contributed by atoms with Crippen molar-refractivity contribution in [2.24, 2.45) is 5.73 Å². The summed E-state index contributed by atoms with van der Waals surface area (Å²) in [6.45, 7) is 4.02. The van der Waals surface area contributed by atoms with Crippen LogP contribution in [-0.4, -0.2) is 17.6 Å². The van der Waals surface area contributed by atoms with E-state index in [-0.39, 0.29) is 11.9 Å². The normalized spacial score (nSPS) is 12.3. The van der Waals surface area contributed by atoms with Gasteiger partial charge in [0.05, 0.1) is 11.7 Å². The minimum atomic E-state index is -0.263. The van der Waals surface area contributed by atoms with Gasteiger partial charge in [0.2, 0.25) is 0 Å². The molecule has 5 heteroatoms. The highest BCUT2D eigenvalue weighted by molar-refractivity contribution is 5.96. The monoisotopic (exact) mass is 323 g/mol. The molecular formula is C19H21N3O2. The van der Waals surface area contributed by atoms with Crippen LogP contribution in [0.4, 0.5) is 0 Å². The quantitative estimate of drug-likeness (QED) is 0.756. The van der Waals surface area contributed by atoms with Gasteiger partial charge in [0, 0.05) is 13.0 Å². The first kappa shape index (κ1) is 16.2. The minimum Gasteiger partial charge on any atom is -0.360 e. The summed E-state index contributed by atoms with van der Waals surface area (Å²) in [7, 11) is 0. The highest BCUT2D eigenvalue weighted by Gasteiger charge is 2.22. The van der Waals surface area contributed by atoms with Crippen molar-refractivity contribution >= 4 is 16.7 Å². The first-order valence-electron chi connectivity index (χ1n) is 8.08. The Hall–Kier alpha value is -2.66. The number of benzene rings is 2. The highest BCUT2D eigenvalue weighted by Crippen LogP contribution is 2.21. The van der Waals surface area contributed by atoms with E-state index in [1.165, 1.54) is 0 Å². The number of nitrogens with two attached hydrogens (primary N) is 1. The Bertz CT molecular complexity index is 870. The molecule has 0 saturated carbocycles. The van der Waals surface area contributed by atoms with E-state index in [4.69, 9.17) is 10.3 Å². The van der Waals surface area contributed by atoms with Gasteiger partial charge < -0.3 is 15.6 Å². The average molecular weight is 323 g/mol. The van der Waals surface area contributed by atoms with Crippen LogP contribution in [0.25, 0.3) is 10.8 Å². The molecular weight excluding hydrogens is 302 g/mol. The lowest BCUT2D eigenvalue weighted by atomic mass is 10.0. The number of carbonyl (C=O) groups is 1. The summed E-state index contributed by atoms with van der Waals surface area (Å²) >= 11 is 0. The number of carbonyl (C=O) groups excluding carboxylic acids is 1. The molecule has 1 amide bonds. The van der Waals surface area contributed by atoms with E-state index < -0.39 is 0 Å². The Morgan fingerprint density at radius 3 is 2.71 bits per heavy atom. The van der Waals surface area contributed by atoms with Gasteiger partial charge in [-0.05, 0) is 29.3 Å². The maximum absolute atomic E-state index is 12.6. The fourth-order valence-electron chi connectivity index (χ4n) is 2.88. The van der Waals surface area contributed by atoms with Gasteiger partial charge in [-0.25, -0.2) is 0 Å². The second-order valence-corrected chi connectivity index (χ2v) is 5.79.